The molecule has 0 aliphatic carbocycles. The fourth-order valence-corrected chi connectivity index (χ4v) is 3.71. The standard InChI is InChI=1S/C27H33N7O3/c1-18-4-6-21(32-25(35)19-8-9-29-24(14-19)34-10-12-37-13-11-34)15-22(18)33-26(36)20-5-7-23(30-16-20)31-17-27(2,3)28/h4-9,14-16H,10-13,17,28H2,1-3H3,(H,30,31)(H,32,35)(H,33,36). The van der Waals surface area contributed by atoms with Crippen molar-refractivity contribution in [2.75, 3.05) is 53.7 Å². The number of nitrogens with two attached hydrogens (primary N) is 1. The fraction of sp³-hybridized carbons (Fsp3) is 0.333. The number of carbonyl (C=O) groups excluding carboxylic acids is 2. The van der Waals surface area contributed by atoms with Gasteiger partial charge in [0.1, 0.15) is 11.6 Å². The summed E-state index contributed by atoms with van der Waals surface area (Å²) in [6.45, 7) is 9.02. The van der Waals surface area contributed by atoms with E-state index in [2.05, 4.69) is 30.8 Å². The number of nitrogens with one attached hydrogen (secondary N) is 3. The van der Waals surface area contributed by atoms with Gasteiger partial charge in [-0.15, -0.1) is 0 Å². The number of carbonyl (C=O) groups is 2. The van der Waals surface area contributed by atoms with Crippen LogP contribution in [0.5, 0.6) is 0 Å². The van der Waals surface area contributed by atoms with Crippen molar-refractivity contribution in [2.45, 2.75) is 26.3 Å². The minimum absolute atomic E-state index is 0.258. The number of benzene rings is 1. The highest BCUT2D eigenvalue weighted by Crippen LogP contribution is 2.22. The van der Waals surface area contributed by atoms with Gasteiger partial charge in [0.05, 0.1) is 18.8 Å². The van der Waals surface area contributed by atoms with Crippen LogP contribution >= 0.6 is 0 Å². The van der Waals surface area contributed by atoms with E-state index in [0.29, 0.717) is 48.1 Å². The minimum Gasteiger partial charge on any atom is -0.378 e. The lowest BCUT2D eigenvalue weighted by molar-refractivity contribution is 0.101. The lowest BCUT2D eigenvalue weighted by Gasteiger charge is -2.27. The summed E-state index contributed by atoms with van der Waals surface area (Å²) in [7, 11) is 0. The summed E-state index contributed by atoms with van der Waals surface area (Å²) in [5.41, 5.74) is 8.55. The van der Waals surface area contributed by atoms with Crippen molar-refractivity contribution >= 4 is 34.8 Å². The van der Waals surface area contributed by atoms with E-state index in [1.54, 1.807) is 42.6 Å². The van der Waals surface area contributed by atoms with Gasteiger partial charge in [0.25, 0.3) is 11.8 Å². The number of anilines is 4. The van der Waals surface area contributed by atoms with Gasteiger partial charge in [-0.25, -0.2) is 9.97 Å². The lowest BCUT2D eigenvalue weighted by atomic mass is 10.1. The Kier molecular flexibility index (Phi) is 8.00. The van der Waals surface area contributed by atoms with E-state index in [1.807, 2.05) is 26.8 Å². The molecule has 1 saturated heterocycles. The van der Waals surface area contributed by atoms with Crippen molar-refractivity contribution in [3.63, 3.8) is 0 Å². The number of pyridine rings is 2. The maximum atomic E-state index is 12.9. The molecular weight excluding hydrogens is 470 g/mol. The molecule has 0 unspecified atom stereocenters. The monoisotopic (exact) mass is 503 g/mol. The zero-order valence-electron chi connectivity index (χ0n) is 21.4. The van der Waals surface area contributed by atoms with Crippen LogP contribution in [0.1, 0.15) is 40.1 Å². The van der Waals surface area contributed by atoms with Gasteiger partial charge in [-0.3, -0.25) is 9.59 Å². The van der Waals surface area contributed by atoms with Crippen LogP contribution in [0.2, 0.25) is 0 Å². The second-order valence-electron chi connectivity index (χ2n) is 9.71. The molecule has 1 aliphatic rings. The molecule has 0 atom stereocenters. The van der Waals surface area contributed by atoms with Crippen LogP contribution in [-0.4, -0.2) is 60.2 Å². The Hall–Kier alpha value is -4.02. The average molecular weight is 504 g/mol. The topological polar surface area (TPSA) is 134 Å². The van der Waals surface area contributed by atoms with E-state index in [-0.39, 0.29) is 17.4 Å². The Bertz CT molecular complexity index is 1250. The van der Waals surface area contributed by atoms with Gasteiger partial charge < -0.3 is 31.3 Å². The largest absolute Gasteiger partial charge is 0.378 e. The molecule has 0 spiro atoms. The number of aromatic nitrogens is 2. The number of amides is 2. The summed E-state index contributed by atoms with van der Waals surface area (Å²) < 4.78 is 5.39. The number of hydrogen-bond acceptors (Lipinski definition) is 8. The van der Waals surface area contributed by atoms with E-state index in [4.69, 9.17) is 10.5 Å². The number of nitrogens with zero attached hydrogens (tertiary/aromatic N) is 3. The Morgan fingerprint density at radius 1 is 1.00 bits per heavy atom. The highest BCUT2D eigenvalue weighted by molar-refractivity contribution is 6.07. The summed E-state index contributed by atoms with van der Waals surface area (Å²) in [6.07, 6.45) is 3.14. The Morgan fingerprint density at radius 2 is 1.76 bits per heavy atom. The number of morpholine rings is 1. The third-order valence-electron chi connectivity index (χ3n) is 5.84. The van der Waals surface area contributed by atoms with Crippen molar-refractivity contribution in [1.82, 2.24) is 9.97 Å². The van der Waals surface area contributed by atoms with Crippen molar-refractivity contribution in [2.24, 2.45) is 5.73 Å². The molecule has 37 heavy (non-hydrogen) atoms. The van der Waals surface area contributed by atoms with E-state index in [9.17, 15) is 9.59 Å². The summed E-state index contributed by atoms with van der Waals surface area (Å²) in [4.78, 5) is 36.6. The molecule has 0 bridgehead atoms. The molecule has 4 rings (SSSR count). The molecular formula is C27H33N7O3. The molecule has 1 aromatic carbocycles. The minimum atomic E-state index is -0.377. The number of aryl methyl sites for hydroxylation is 1. The number of rotatable bonds is 8. The molecule has 1 aliphatic heterocycles. The van der Waals surface area contributed by atoms with Gasteiger partial charge in [0.15, 0.2) is 0 Å². The molecule has 5 N–H and O–H groups in total. The Morgan fingerprint density at radius 3 is 2.46 bits per heavy atom. The van der Waals surface area contributed by atoms with Crippen molar-refractivity contribution < 1.29 is 14.3 Å². The Labute approximate surface area is 216 Å². The van der Waals surface area contributed by atoms with E-state index in [1.165, 1.54) is 6.20 Å². The van der Waals surface area contributed by atoms with Crippen LogP contribution in [-0.2, 0) is 4.74 Å². The normalized spacial score (nSPS) is 13.7. The van der Waals surface area contributed by atoms with Gasteiger partial charge >= 0.3 is 0 Å². The second kappa shape index (κ2) is 11.4. The zero-order chi connectivity index (χ0) is 26.4. The highest BCUT2D eigenvalue weighted by atomic mass is 16.5. The third kappa shape index (κ3) is 7.25. The molecule has 3 heterocycles. The third-order valence-corrected chi connectivity index (χ3v) is 5.84. The molecule has 10 nitrogen and oxygen atoms in total. The zero-order valence-corrected chi connectivity index (χ0v) is 21.4. The van der Waals surface area contributed by atoms with E-state index in [0.717, 1.165) is 24.5 Å². The Balaban J connectivity index is 1.41. The van der Waals surface area contributed by atoms with Crippen LogP contribution in [0.4, 0.5) is 23.0 Å². The molecule has 10 heteroatoms. The first kappa shape index (κ1) is 26.1. The molecule has 0 saturated carbocycles. The first-order chi connectivity index (χ1) is 17.7. The maximum absolute atomic E-state index is 12.9. The molecule has 2 amide bonds. The SMILES string of the molecule is Cc1ccc(NC(=O)c2ccnc(N3CCOCC3)c2)cc1NC(=O)c1ccc(NCC(C)(C)N)nc1. The van der Waals surface area contributed by atoms with Crippen molar-refractivity contribution in [1.29, 1.82) is 0 Å². The van der Waals surface area contributed by atoms with Crippen LogP contribution in [0.3, 0.4) is 0 Å². The lowest BCUT2D eigenvalue weighted by Crippen LogP contribution is -2.39. The quantitative estimate of drug-likeness (QED) is 0.368. The number of hydrogen-bond donors (Lipinski definition) is 4. The van der Waals surface area contributed by atoms with E-state index < -0.39 is 0 Å². The molecule has 2 aromatic heterocycles. The second-order valence-corrected chi connectivity index (χ2v) is 9.71. The smallest absolute Gasteiger partial charge is 0.257 e. The maximum Gasteiger partial charge on any atom is 0.257 e. The van der Waals surface area contributed by atoms with Gasteiger partial charge in [0.2, 0.25) is 0 Å². The predicted molar refractivity (Wildman–Crippen MR) is 145 cm³/mol. The number of ether oxygens (including phenoxy) is 1. The first-order valence-electron chi connectivity index (χ1n) is 12.2. The summed E-state index contributed by atoms with van der Waals surface area (Å²) in [5.74, 6) is 0.832. The van der Waals surface area contributed by atoms with Gasteiger partial charge in [-0.1, -0.05) is 6.07 Å². The molecule has 1 fully saturated rings. The molecule has 3 aromatic rings. The van der Waals surface area contributed by atoms with Crippen LogP contribution in [0, 0.1) is 6.92 Å². The van der Waals surface area contributed by atoms with Crippen molar-refractivity contribution in [3.8, 4) is 0 Å². The van der Waals surface area contributed by atoms with Crippen LogP contribution < -0.4 is 26.6 Å². The first-order valence-corrected chi connectivity index (χ1v) is 12.2. The summed E-state index contributed by atoms with van der Waals surface area (Å²) >= 11 is 0. The summed E-state index contributed by atoms with van der Waals surface area (Å²) in [6, 6.07) is 12.3. The van der Waals surface area contributed by atoms with Crippen molar-refractivity contribution in [3.05, 3.63) is 71.5 Å². The predicted octanol–water partition coefficient (Wildman–Crippen LogP) is 3.28. The van der Waals surface area contributed by atoms with E-state index >= 15 is 0 Å². The van der Waals surface area contributed by atoms with Gasteiger partial charge in [-0.2, -0.15) is 0 Å². The summed E-state index contributed by atoms with van der Waals surface area (Å²) in [5, 5.41) is 8.97. The van der Waals surface area contributed by atoms with Crippen LogP contribution in [0.25, 0.3) is 0 Å². The van der Waals surface area contributed by atoms with Gasteiger partial charge in [0, 0.05) is 54.5 Å². The van der Waals surface area contributed by atoms with Gasteiger partial charge in [-0.05, 0) is 62.7 Å². The molecule has 194 valence electrons. The highest BCUT2D eigenvalue weighted by Gasteiger charge is 2.16. The fourth-order valence-electron chi connectivity index (χ4n) is 3.71. The average Bonchev–Trinajstić information content (AvgIpc) is 2.90. The molecule has 0 radical (unpaired) electrons. The van der Waals surface area contributed by atoms with Crippen LogP contribution in [0.15, 0.2) is 54.9 Å².